The molecule has 0 atom stereocenters. The van der Waals surface area contributed by atoms with Crippen molar-refractivity contribution in [1.82, 2.24) is 19.1 Å². The van der Waals surface area contributed by atoms with Gasteiger partial charge >= 0.3 is 0 Å². The van der Waals surface area contributed by atoms with Crippen LogP contribution >= 0.6 is 0 Å². The molecular weight excluding hydrogens is 657 g/mol. The molecule has 0 N–H and O–H groups in total. The highest BCUT2D eigenvalue weighted by molar-refractivity contribution is 6.10. The quantitative estimate of drug-likeness (QED) is 0.180. The summed E-state index contributed by atoms with van der Waals surface area (Å²) in [6.07, 6.45) is 0. The molecule has 8 aromatic carbocycles. The number of hydrogen-bond donors (Lipinski definition) is 0. The third kappa shape index (κ3) is 4.85. The van der Waals surface area contributed by atoms with Gasteiger partial charge in [0.2, 0.25) is 0 Å². The number of benzene rings is 8. The van der Waals surface area contributed by atoms with Crippen LogP contribution < -0.4 is 0 Å². The second-order valence-corrected chi connectivity index (χ2v) is 13.9. The minimum atomic E-state index is 0.692. The second kappa shape index (κ2) is 12.1. The lowest BCUT2D eigenvalue weighted by molar-refractivity contribution is 1.13. The van der Waals surface area contributed by atoms with Gasteiger partial charge in [0.05, 0.1) is 33.5 Å². The highest BCUT2D eigenvalue weighted by atomic mass is 15.0. The van der Waals surface area contributed by atoms with Crippen LogP contribution in [-0.4, -0.2) is 19.1 Å². The first-order chi connectivity index (χ1) is 26.8. The largest absolute Gasteiger partial charge is 0.309 e. The van der Waals surface area contributed by atoms with E-state index in [4.69, 9.17) is 9.97 Å². The minimum Gasteiger partial charge on any atom is -0.309 e. The highest BCUT2D eigenvalue weighted by Crippen LogP contribution is 2.38. The molecule has 0 aliphatic rings. The summed E-state index contributed by atoms with van der Waals surface area (Å²) in [5.74, 6) is 0.692. The van der Waals surface area contributed by atoms with Crippen molar-refractivity contribution in [1.29, 1.82) is 0 Å². The van der Waals surface area contributed by atoms with E-state index < -0.39 is 0 Å². The van der Waals surface area contributed by atoms with Crippen molar-refractivity contribution < 1.29 is 0 Å². The van der Waals surface area contributed by atoms with Gasteiger partial charge in [0, 0.05) is 49.6 Å². The first kappa shape index (κ1) is 30.3. The zero-order valence-corrected chi connectivity index (χ0v) is 29.3. The molecule has 0 radical (unpaired) electrons. The number of hydrogen-bond acceptors (Lipinski definition) is 2. The molecule has 4 nitrogen and oxygen atoms in total. The van der Waals surface area contributed by atoms with Gasteiger partial charge in [0.15, 0.2) is 5.82 Å². The molecule has 252 valence electrons. The second-order valence-electron chi connectivity index (χ2n) is 13.9. The maximum absolute atomic E-state index is 5.33. The van der Waals surface area contributed by atoms with Gasteiger partial charge in [0.25, 0.3) is 0 Å². The monoisotopic (exact) mass is 688 g/mol. The molecule has 0 spiro atoms. The van der Waals surface area contributed by atoms with Crippen LogP contribution in [0.15, 0.2) is 194 Å². The molecule has 0 unspecified atom stereocenters. The standard InChI is InChI=1S/C50H32N4/c1-2-15-34(16-3-1)50-51-44(36-27-26-33-14-4-5-17-35(33)28-36)32-45(52-50)37-29-38(53-46-22-10-6-18-40(46)41-19-7-11-23-47(41)53)31-39(30-37)54-48-24-12-8-20-42(48)43-21-9-13-25-49(43)54/h1-32H. The highest BCUT2D eigenvalue weighted by Gasteiger charge is 2.19. The maximum atomic E-state index is 5.33. The Morgan fingerprint density at radius 2 is 0.741 bits per heavy atom. The van der Waals surface area contributed by atoms with Gasteiger partial charge in [-0.3, -0.25) is 0 Å². The Morgan fingerprint density at radius 3 is 1.28 bits per heavy atom. The number of rotatable bonds is 5. The molecular formula is C50H32N4. The molecule has 11 aromatic rings. The van der Waals surface area contributed by atoms with E-state index in [0.29, 0.717) is 5.82 Å². The van der Waals surface area contributed by atoms with Gasteiger partial charge < -0.3 is 9.13 Å². The lowest BCUT2D eigenvalue weighted by Gasteiger charge is -2.16. The third-order valence-electron chi connectivity index (χ3n) is 10.7. The van der Waals surface area contributed by atoms with Gasteiger partial charge in [-0.25, -0.2) is 9.97 Å². The Bertz CT molecular complexity index is 2990. The summed E-state index contributed by atoms with van der Waals surface area (Å²) in [5, 5.41) is 7.28. The fraction of sp³-hybridized carbons (Fsp3) is 0. The fourth-order valence-electron chi connectivity index (χ4n) is 8.21. The number of nitrogens with zero attached hydrogens (tertiary/aromatic N) is 4. The van der Waals surface area contributed by atoms with E-state index in [0.717, 1.165) is 61.5 Å². The van der Waals surface area contributed by atoms with E-state index >= 15 is 0 Å². The molecule has 54 heavy (non-hydrogen) atoms. The van der Waals surface area contributed by atoms with E-state index in [1.54, 1.807) is 0 Å². The Balaban J connectivity index is 1.23. The van der Waals surface area contributed by atoms with E-state index in [1.807, 2.05) is 18.2 Å². The molecule has 0 bridgehead atoms. The molecule has 3 aromatic heterocycles. The number of aromatic nitrogens is 4. The average molecular weight is 689 g/mol. The summed E-state index contributed by atoms with van der Waals surface area (Å²) in [5.41, 5.74) is 11.5. The summed E-state index contributed by atoms with van der Waals surface area (Å²) < 4.78 is 4.80. The minimum absolute atomic E-state index is 0.692. The Kier molecular flexibility index (Phi) is 6.82. The topological polar surface area (TPSA) is 35.6 Å². The van der Waals surface area contributed by atoms with Gasteiger partial charge in [-0.1, -0.05) is 140 Å². The molecule has 0 aliphatic carbocycles. The van der Waals surface area contributed by atoms with Crippen molar-refractivity contribution in [3.8, 4) is 45.3 Å². The smallest absolute Gasteiger partial charge is 0.160 e. The molecule has 0 saturated heterocycles. The third-order valence-corrected chi connectivity index (χ3v) is 10.7. The molecule has 0 amide bonds. The predicted octanol–water partition coefficient (Wildman–Crippen LogP) is 12.8. The van der Waals surface area contributed by atoms with E-state index in [9.17, 15) is 0 Å². The van der Waals surface area contributed by atoms with Crippen LogP contribution in [0.3, 0.4) is 0 Å². The summed E-state index contributed by atoms with van der Waals surface area (Å²) >= 11 is 0. The van der Waals surface area contributed by atoms with E-state index in [2.05, 4.69) is 185 Å². The molecule has 0 fully saturated rings. The van der Waals surface area contributed by atoms with Crippen molar-refractivity contribution in [2.75, 3.05) is 0 Å². The van der Waals surface area contributed by atoms with Crippen molar-refractivity contribution in [3.63, 3.8) is 0 Å². The lowest BCUT2D eigenvalue weighted by Crippen LogP contribution is -2.01. The zero-order chi connectivity index (χ0) is 35.6. The average Bonchev–Trinajstić information content (AvgIpc) is 3.77. The van der Waals surface area contributed by atoms with Crippen LogP contribution in [-0.2, 0) is 0 Å². The van der Waals surface area contributed by atoms with Crippen molar-refractivity contribution in [2.45, 2.75) is 0 Å². The van der Waals surface area contributed by atoms with Crippen LogP contribution in [0.2, 0.25) is 0 Å². The normalized spacial score (nSPS) is 11.7. The van der Waals surface area contributed by atoms with Gasteiger partial charge in [-0.05, 0) is 65.4 Å². The van der Waals surface area contributed by atoms with Gasteiger partial charge in [-0.2, -0.15) is 0 Å². The van der Waals surface area contributed by atoms with E-state index in [1.165, 1.54) is 32.3 Å². The van der Waals surface area contributed by atoms with Crippen molar-refractivity contribution >= 4 is 54.4 Å². The van der Waals surface area contributed by atoms with Crippen molar-refractivity contribution in [3.05, 3.63) is 194 Å². The lowest BCUT2D eigenvalue weighted by atomic mass is 10.0. The van der Waals surface area contributed by atoms with Crippen LogP contribution in [0.1, 0.15) is 0 Å². The maximum Gasteiger partial charge on any atom is 0.160 e. The Labute approximate surface area is 311 Å². The predicted molar refractivity (Wildman–Crippen MR) is 225 cm³/mol. The zero-order valence-electron chi connectivity index (χ0n) is 29.3. The van der Waals surface area contributed by atoms with Gasteiger partial charge in [-0.15, -0.1) is 0 Å². The number of fused-ring (bicyclic) bond motifs is 7. The Morgan fingerprint density at radius 1 is 0.296 bits per heavy atom. The van der Waals surface area contributed by atoms with Crippen LogP contribution in [0.5, 0.6) is 0 Å². The first-order valence-electron chi connectivity index (χ1n) is 18.3. The fourth-order valence-corrected chi connectivity index (χ4v) is 8.21. The molecule has 11 rings (SSSR count). The van der Waals surface area contributed by atoms with Crippen LogP contribution in [0.25, 0.3) is 99.7 Å². The molecule has 0 aliphatic heterocycles. The molecule has 3 heterocycles. The Hall–Kier alpha value is -7.30. The van der Waals surface area contributed by atoms with Crippen LogP contribution in [0, 0.1) is 0 Å². The molecule has 4 heteroatoms. The summed E-state index contributed by atoms with van der Waals surface area (Å²) in [6, 6.07) is 69.2. The van der Waals surface area contributed by atoms with Crippen LogP contribution in [0.4, 0.5) is 0 Å². The first-order valence-corrected chi connectivity index (χ1v) is 18.3. The summed E-state index contributed by atoms with van der Waals surface area (Å²) in [6.45, 7) is 0. The molecule has 0 saturated carbocycles. The van der Waals surface area contributed by atoms with Crippen molar-refractivity contribution in [2.24, 2.45) is 0 Å². The van der Waals surface area contributed by atoms with E-state index in [-0.39, 0.29) is 0 Å². The summed E-state index contributed by atoms with van der Waals surface area (Å²) in [7, 11) is 0. The SMILES string of the molecule is c1ccc(-c2nc(-c3cc(-n4c5ccccc5c5ccccc54)cc(-n4c5ccccc5c5ccccc54)c3)cc(-c3ccc4ccccc4c3)n2)cc1. The number of para-hydroxylation sites is 4. The van der Waals surface area contributed by atoms with Gasteiger partial charge in [0.1, 0.15) is 0 Å². The summed E-state index contributed by atoms with van der Waals surface area (Å²) in [4.78, 5) is 10.5.